The van der Waals surface area contributed by atoms with Gasteiger partial charge in [0.25, 0.3) is 0 Å². The summed E-state index contributed by atoms with van der Waals surface area (Å²) in [5, 5.41) is 0.0550. The van der Waals surface area contributed by atoms with Crippen LogP contribution in [0.5, 0.6) is 5.75 Å². The number of carbonyl (C=O) groups excluding carboxylic acids is 1. The topological polar surface area (TPSA) is 61.3 Å². The summed E-state index contributed by atoms with van der Waals surface area (Å²) in [4.78, 5) is 19.9. The van der Waals surface area contributed by atoms with Crippen LogP contribution in [0.15, 0.2) is 30.5 Å². The predicted molar refractivity (Wildman–Crippen MR) is 75.0 cm³/mol. The molecule has 0 N–H and O–H groups in total. The van der Waals surface area contributed by atoms with E-state index in [4.69, 9.17) is 21.1 Å². The lowest BCUT2D eigenvalue weighted by molar-refractivity contribution is 0.0525. The van der Waals surface area contributed by atoms with E-state index in [1.54, 1.807) is 20.1 Å². The van der Waals surface area contributed by atoms with Crippen LogP contribution >= 0.6 is 11.6 Å². The standard InChI is InChI=1S/C14H13ClN2O3/c1-3-20-14(18)10-8-16-13(17-12(10)15)9-6-4-5-7-11(9)19-2/h4-8H,3H2,1-2H3. The Morgan fingerprint density at radius 3 is 2.75 bits per heavy atom. The number of methoxy groups -OCH3 is 1. The number of benzene rings is 1. The van der Waals surface area contributed by atoms with Crippen LogP contribution < -0.4 is 4.74 Å². The number of nitrogens with zero attached hydrogens (tertiary/aromatic N) is 2. The molecule has 0 amide bonds. The molecule has 0 fully saturated rings. The molecule has 0 aliphatic heterocycles. The highest BCUT2D eigenvalue weighted by molar-refractivity contribution is 6.32. The third-order valence-electron chi connectivity index (χ3n) is 2.59. The Labute approximate surface area is 121 Å². The second-order valence-corrected chi connectivity index (χ2v) is 4.18. The van der Waals surface area contributed by atoms with Crippen molar-refractivity contribution in [3.63, 3.8) is 0 Å². The lowest BCUT2D eigenvalue weighted by Gasteiger charge is -2.08. The molecule has 6 heteroatoms. The van der Waals surface area contributed by atoms with Crippen LogP contribution in [0, 0.1) is 0 Å². The van der Waals surface area contributed by atoms with E-state index in [0.29, 0.717) is 17.1 Å². The number of para-hydroxylation sites is 1. The molecule has 20 heavy (non-hydrogen) atoms. The molecule has 1 aromatic heterocycles. The highest BCUT2D eigenvalue weighted by atomic mass is 35.5. The lowest BCUT2D eigenvalue weighted by Crippen LogP contribution is -2.07. The molecule has 0 aliphatic rings. The molecule has 1 aromatic carbocycles. The molecule has 2 rings (SSSR count). The number of hydrogen-bond donors (Lipinski definition) is 0. The Hall–Kier alpha value is -2.14. The van der Waals surface area contributed by atoms with Gasteiger partial charge >= 0.3 is 5.97 Å². The molecular weight excluding hydrogens is 280 g/mol. The van der Waals surface area contributed by atoms with Crippen molar-refractivity contribution >= 4 is 17.6 Å². The van der Waals surface area contributed by atoms with Gasteiger partial charge in [-0.1, -0.05) is 23.7 Å². The number of ether oxygens (including phenoxy) is 2. The third-order valence-corrected chi connectivity index (χ3v) is 2.87. The van der Waals surface area contributed by atoms with Crippen molar-refractivity contribution < 1.29 is 14.3 Å². The van der Waals surface area contributed by atoms with Gasteiger partial charge in [-0.05, 0) is 19.1 Å². The van der Waals surface area contributed by atoms with E-state index in [-0.39, 0.29) is 17.3 Å². The molecule has 0 spiro atoms. The Morgan fingerprint density at radius 1 is 1.35 bits per heavy atom. The van der Waals surface area contributed by atoms with Crippen molar-refractivity contribution in [3.8, 4) is 17.1 Å². The van der Waals surface area contributed by atoms with E-state index < -0.39 is 5.97 Å². The van der Waals surface area contributed by atoms with Gasteiger partial charge in [0.1, 0.15) is 16.5 Å². The van der Waals surface area contributed by atoms with E-state index >= 15 is 0 Å². The molecule has 5 nitrogen and oxygen atoms in total. The average molecular weight is 293 g/mol. The fraction of sp³-hybridized carbons (Fsp3) is 0.214. The zero-order valence-electron chi connectivity index (χ0n) is 11.1. The number of rotatable bonds is 4. The summed E-state index contributed by atoms with van der Waals surface area (Å²) in [7, 11) is 1.56. The molecule has 0 saturated carbocycles. The Kier molecular flexibility index (Phi) is 4.53. The molecular formula is C14H13ClN2O3. The van der Waals surface area contributed by atoms with Gasteiger partial charge in [-0.25, -0.2) is 14.8 Å². The van der Waals surface area contributed by atoms with Crippen LogP contribution in [0.25, 0.3) is 11.4 Å². The van der Waals surface area contributed by atoms with Crippen molar-refractivity contribution in [2.24, 2.45) is 0 Å². The molecule has 0 saturated heterocycles. The fourth-order valence-corrected chi connectivity index (χ4v) is 1.87. The summed E-state index contributed by atoms with van der Waals surface area (Å²) in [5.74, 6) is 0.483. The maximum atomic E-state index is 11.6. The minimum Gasteiger partial charge on any atom is -0.496 e. The van der Waals surface area contributed by atoms with E-state index in [1.807, 2.05) is 18.2 Å². The van der Waals surface area contributed by atoms with Gasteiger partial charge in [0.15, 0.2) is 5.82 Å². The average Bonchev–Trinajstić information content (AvgIpc) is 2.47. The van der Waals surface area contributed by atoms with Crippen molar-refractivity contribution in [3.05, 3.63) is 41.2 Å². The summed E-state index contributed by atoms with van der Waals surface area (Å²) in [6.07, 6.45) is 1.36. The first kappa shape index (κ1) is 14.3. The summed E-state index contributed by atoms with van der Waals surface area (Å²) in [6.45, 7) is 1.99. The molecule has 104 valence electrons. The van der Waals surface area contributed by atoms with Gasteiger partial charge in [-0.3, -0.25) is 0 Å². The number of esters is 1. The van der Waals surface area contributed by atoms with E-state index in [1.165, 1.54) is 6.20 Å². The summed E-state index contributed by atoms with van der Waals surface area (Å²) in [5.41, 5.74) is 0.847. The largest absolute Gasteiger partial charge is 0.496 e. The van der Waals surface area contributed by atoms with Gasteiger partial charge in [0, 0.05) is 6.20 Å². The minimum absolute atomic E-state index is 0.0550. The molecule has 1 heterocycles. The highest BCUT2D eigenvalue weighted by Crippen LogP contribution is 2.28. The van der Waals surface area contributed by atoms with Crippen molar-refractivity contribution in [2.45, 2.75) is 6.92 Å². The molecule has 0 radical (unpaired) electrons. The van der Waals surface area contributed by atoms with Gasteiger partial charge in [-0.2, -0.15) is 0 Å². The van der Waals surface area contributed by atoms with Gasteiger partial charge in [0.05, 0.1) is 19.3 Å². The maximum absolute atomic E-state index is 11.6. The van der Waals surface area contributed by atoms with Crippen LogP contribution in [0.4, 0.5) is 0 Å². The third kappa shape index (κ3) is 2.88. The van der Waals surface area contributed by atoms with Crippen LogP contribution in [0.1, 0.15) is 17.3 Å². The Bertz CT molecular complexity index is 632. The van der Waals surface area contributed by atoms with Crippen LogP contribution in [-0.2, 0) is 4.74 Å². The monoisotopic (exact) mass is 292 g/mol. The number of halogens is 1. The summed E-state index contributed by atoms with van der Waals surface area (Å²) < 4.78 is 10.1. The normalized spacial score (nSPS) is 10.2. The van der Waals surface area contributed by atoms with E-state index in [2.05, 4.69) is 9.97 Å². The van der Waals surface area contributed by atoms with E-state index in [0.717, 1.165) is 0 Å². The summed E-state index contributed by atoms with van der Waals surface area (Å²) in [6, 6.07) is 7.30. The fourth-order valence-electron chi connectivity index (χ4n) is 1.67. The molecule has 0 bridgehead atoms. The van der Waals surface area contributed by atoms with Gasteiger partial charge in [-0.15, -0.1) is 0 Å². The molecule has 0 aliphatic carbocycles. The smallest absolute Gasteiger partial charge is 0.342 e. The van der Waals surface area contributed by atoms with Crippen molar-refractivity contribution in [1.29, 1.82) is 0 Å². The second kappa shape index (κ2) is 6.34. The Morgan fingerprint density at radius 2 is 2.10 bits per heavy atom. The van der Waals surface area contributed by atoms with E-state index in [9.17, 15) is 4.79 Å². The highest BCUT2D eigenvalue weighted by Gasteiger charge is 2.16. The predicted octanol–water partition coefficient (Wildman–Crippen LogP) is 2.98. The minimum atomic E-state index is -0.538. The first-order valence-corrected chi connectivity index (χ1v) is 6.38. The van der Waals surface area contributed by atoms with Crippen molar-refractivity contribution in [2.75, 3.05) is 13.7 Å². The SMILES string of the molecule is CCOC(=O)c1cnc(-c2ccccc2OC)nc1Cl. The molecule has 0 unspecified atom stereocenters. The summed E-state index contributed by atoms with van der Waals surface area (Å²) >= 11 is 6.01. The maximum Gasteiger partial charge on any atom is 0.342 e. The van der Waals surface area contributed by atoms with Crippen LogP contribution in [0.3, 0.4) is 0 Å². The van der Waals surface area contributed by atoms with Crippen LogP contribution in [-0.4, -0.2) is 29.7 Å². The first-order valence-electron chi connectivity index (χ1n) is 6.00. The van der Waals surface area contributed by atoms with Crippen molar-refractivity contribution in [1.82, 2.24) is 9.97 Å². The second-order valence-electron chi connectivity index (χ2n) is 3.82. The van der Waals surface area contributed by atoms with Crippen LogP contribution in [0.2, 0.25) is 5.15 Å². The molecule has 2 aromatic rings. The zero-order chi connectivity index (χ0) is 14.5. The first-order chi connectivity index (χ1) is 9.67. The zero-order valence-corrected chi connectivity index (χ0v) is 11.8. The number of aromatic nitrogens is 2. The lowest BCUT2D eigenvalue weighted by atomic mass is 10.2. The number of hydrogen-bond acceptors (Lipinski definition) is 5. The Balaban J connectivity index is 2.41. The number of carbonyl (C=O) groups is 1. The quantitative estimate of drug-likeness (QED) is 0.640. The molecule has 0 atom stereocenters. The van der Waals surface area contributed by atoms with Gasteiger partial charge in [0.2, 0.25) is 0 Å². The van der Waals surface area contributed by atoms with Gasteiger partial charge < -0.3 is 9.47 Å².